The van der Waals surface area contributed by atoms with Crippen molar-refractivity contribution < 1.29 is 4.74 Å². The lowest BCUT2D eigenvalue weighted by molar-refractivity contribution is 0.210. The predicted molar refractivity (Wildman–Crippen MR) is 62.9 cm³/mol. The molecule has 0 amide bonds. The van der Waals surface area contributed by atoms with Crippen LogP contribution in [-0.4, -0.2) is 27.5 Å². The summed E-state index contributed by atoms with van der Waals surface area (Å²) in [5, 5.41) is 3.00. The molecule has 1 atom stereocenters. The number of aromatic nitrogens is 3. The van der Waals surface area contributed by atoms with Gasteiger partial charge in [-0.2, -0.15) is 4.98 Å². The average molecular weight is 220 g/mol. The molecule has 0 aliphatic rings. The van der Waals surface area contributed by atoms with Gasteiger partial charge in [-0.15, -0.1) is 0 Å². The summed E-state index contributed by atoms with van der Waals surface area (Å²) >= 11 is 0. The molecule has 1 unspecified atom stereocenters. The molecule has 2 aromatic rings. The van der Waals surface area contributed by atoms with E-state index in [2.05, 4.69) is 22.2 Å². The van der Waals surface area contributed by atoms with Crippen LogP contribution in [-0.2, 0) is 0 Å². The molecule has 2 aromatic heterocycles. The highest BCUT2D eigenvalue weighted by molar-refractivity contribution is 5.53. The fraction of sp³-hybridized carbons (Fsp3) is 0.455. The van der Waals surface area contributed by atoms with E-state index < -0.39 is 0 Å². The lowest BCUT2D eigenvalue weighted by atomic mass is 10.3. The number of fused-ring (bicyclic) bond motifs is 1. The first-order chi connectivity index (χ1) is 7.74. The van der Waals surface area contributed by atoms with Crippen LogP contribution in [0, 0.1) is 0 Å². The maximum atomic E-state index is 5.74. The van der Waals surface area contributed by atoms with E-state index in [1.54, 1.807) is 6.20 Å². The molecule has 5 nitrogen and oxygen atoms in total. The van der Waals surface area contributed by atoms with E-state index in [0.29, 0.717) is 5.88 Å². The van der Waals surface area contributed by atoms with Gasteiger partial charge in [-0.3, -0.25) is 4.40 Å². The molecule has 0 saturated heterocycles. The molecule has 16 heavy (non-hydrogen) atoms. The zero-order valence-electron chi connectivity index (χ0n) is 9.77. The van der Waals surface area contributed by atoms with Gasteiger partial charge in [0.05, 0.1) is 12.3 Å². The van der Waals surface area contributed by atoms with Crippen LogP contribution in [0.2, 0.25) is 0 Å². The first kappa shape index (κ1) is 10.7. The van der Waals surface area contributed by atoms with Crippen molar-refractivity contribution in [3.8, 4) is 5.88 Å². The van der Waals surface area contributed by atoms with Gasteiger partial charge in [0.2, 0.25) is 5.65 Å². The Balaban J connectivity index is 2.44. The van der Waals surface area contributed by atoms with Crippen molar-refractivity contribution in [2.24, 2.45) is 0 Å². The smallest absolute Gasteiger partial charge is 0.260 e. The molecule has 1 N–H and O–H groups in total. The highest BCUT2D eigenvalue weighted by atomic mass is 16.5. The fourth-order valence-electron chi connectivity index (χ4n) is 1.38. The Morgan fingerprint density at radius 3 is 3.06 bits per heavy atom. The van der Waals surface area contributed by atoms with Crippen LogP contribution in [0.5, 0.6) is 5.88 Å². The number of nitrogens with one attached hydrogen (secondary N) is 1. The predicted octanol–water partition coefficient (Wildman–Crippen LogP) is 1.95. The van der Waals surface area contributed by atoms with Crippen molar-refractivity contribution in [1.29, 1.82) is 0 Å². The quantitative estimate of drug-likeness (QED) is 0.855. The molecule has 2 rings (SSSR count). The largest absolute Gasteiger partial charge is 0.472 e. The molecule has 0 aliphatic heterocycles. The summed E-state index contributed by atoms with van der Waals surface area (Å²) in [6.07, 6.45) is 6.57. The van der Waals surface area contributed by atoms with Gasteiger partial charge in [0, 0.05) is 19.4 Å². The molecular formula is C11H16N4O. The van der Waals surface area contributed by atoms with E-state index in [4.69, 9.17) is 4.74 Å². The van der Waals surface area contributed by atoms with Crippen LogP contribution >= 0.6 is 0 Å². The van der Waals surface area contributed by atoms with Gasteiger partial charge in [-0.1, -0.05) is 6.92 Å². The van der Waals surface area contributed by atoms with Crippen LogP contribution in [0.1, 0.15) is 20.3 Å². The lowest BCUT2D eigenvalue weighted by Gasteiger charge is -2.13. The highest BCUT2D eigenvalue weighted by Crippen LogP contribution is 2.19. The molecular weight excluding hydrogens is 204 g/mol. The van der Waals surface area contributed by atoms with Crippen LogP contribution in [0.3, 0.4) is 0 Å². The van der Waals surface area contributed by atoms with Crippen LogP contribution < -0.4 is 10.1 Å². The number of ether oxygens (including phenoxy) is 1. The third-order valence-corrected chi connectivity index (χ3v) is 2.49. The number of hydrogen-bond acceptors (Lipinski definition) is 4. The molecule has 5 heteroatoms. The number of rotatable bonds is 4. The zero-order valence-corrected chi connectivity index (χ0v) is 9.77. The molecule has 0 bridgehead atoms. The summed E-state index contributed by atoms with van der Waals surface area (Å²) in [6.45, 7) is 4.10. The molecule has 0 radical (unpaired) electrons. The van der Waals surface area contributed by atoms with Crippen LogP contribution in [0.15, 0.2) is 18.6 Å². The topological polar surface area (TPSA) is 51.5 Å². The standard InChI is InChI=1S/C11H16N4O/c1-4-8(2)16-11-10-13-5-6-15(10)7-9(12-3)14-11/h5-8,12H,4H2,1-3H3. The second kappa shape index (κ2) is 4.38. The third kappa shape index (κ3) is 1.93. The second-order valence-corrected chi connectivity index (χ2v) is 3.68. The van der Waals surface area contributed by atoms with E-state index in [-0.39, 0.29) is 6.10 Å². The fourth-order valence-corrected chi connectivity index (χ4v) is 1.38. The van der Waals surface area contributed by atoms with Crippen molar-refractivity contribution in [1.82, 2.24) is 14.4 Å². The van der Waals surface area contributed by atoms with Crippen molar-refractivity contribution in [3.05, 3.63) is 18.6 Å². The maximum absolute atomic E-state index is 5.74. The van der Waals surface area contributed by atoms with Gasteiger partial charge >= 0.3 is 0 Å². The maximum Gasteiger partial charge on any atom is 0.260 e. The monoisotopic (exact) mass is 220 g/mol. The number of imidazole rings is 1. The van der Waals surface area contributed by atoms with Crippen molar-refractivity contribution >= 4 is 11.5 Å². The van der Waals surface area contributed by atoms with Crippen LogP contribution in [0.25, 0.3) is 5.65 Å². The Morgan fingerprint density at radius 2 is 2.38 bits per heavy atom. The summed E-state index contributed by atoms with van der Waals surface area (Å²) in [4.78, 5) is 8.59. The number of anilines is 1. The minimum absolute atomic E-state index is 0.139. The van der Waals surface area contributed by atoms with E-state index >= 15 is 0 Å². The summed E-state index contributed by atoms with van der Waals surface area (Å²) in [5.74, 6) is 1.34. The van der Waals surface area contributed by atoms with Crippen molar-refractivity contribution in [2.75, 3.05) is 12.4 Å². The SMILES string of the molecule is CCC(C)Oc1nc(NC)cn2ccnc12. The number of nitrogens with zero attached hydrogens (tertiary/aromatic N) is 3. The Kier molecular flexibility index (Phi) is 2.94. The molecule has 0 aliphatic carbocycles. The lowest BCUT2D eigenvalue weighted by Crippen LogP contribution is -2.12. The molecule has 0 fully saturated rings. The van der Waals surface area contributed by atoms with Gasteiger partial charge in [0.1, 0.15) is 5.82 Å². The van der Waals surface area contributed by atoms with E-state index in [0.717, 1.165) is 17.9 Å². The van der Waals surface area contributed by atoms with Gasteiger partial charge < -0.3 is 10.1 Å². The summed E-state index contributed by atoms with van der Waals surface area (Å²) in [5.41, 5.74) is 0.749. The Labute approximate surface area is 94.5 Å². The van der Waals surface area contributed by atoms with Crippen molar-refractivity contribution in [2.45, 2.75) is 26.4 Å². The normalized spacial score (nSPS) is 12.7. The Hall–Kier alpha value is -1.78. The van der Waals surface area contributed by atoms with Crippen molar-refractivity contribution in [3.63, 3.8) is 0 Å². The Morgan fingerprint density at radius 1 is 1.56 bits per heavy atom. The van der Waals surface area contributed by atoms with Gasteiger partial charge in [-0.05, 0) is 13.3 Å². The average Bonchev–Trinajstić information content (AvgIpc) is 2.76. The second-order valence-electron chi connectivity index (χ2n) is 3.68. The Bertz CT molecular complexity index is 480. The summed E-state index contributed by atoms with van der Waals surface area (Å²) < 4.78 is 7.64. The third-order valence-electron chi connectivity index (χ3n) is 2.49. The highest BCUT2D eigenvalue weighted by Gasteiger charge is 2.10. The summed E-state index contributed by atoms with van der Waals surface area (Å²) in [6, 6.07) is 0. The minimum atomic E-state index is 0.139. The summed E-state index contributed by atoms with van der Waals surface area (Å²) in [7, 11) is 1.83. The molecule has 0 saturated carbocycles. The molecule has 0 aromatic carbocycles. The number of hydrogen-bond donors (Lipinski definition) is 1. The molecule has 86 valence electrons. The first-order valence-corrected chi connectivity index (χ1v) is 5.42. The zero-order chi connectivity index (χ0) is 11.5. The van der Waals surface area contributed by atoms with E-state index in [1.165, 1.54) is 0 Å². The van der Waals surface area contributed by atoms with E-state index in [1.807, 2.05) is 30.8 Å². The molecule has 0 spiro atoms. The first-order valence-electron chi connectivity index (χ1n) is 5.42. The van der Waals surface area contributed by atoms with Crippen LogP contribution in [0.4, 0.5) is 5.82 Å². The van der Waals surface area contributed by atoms with Gasteiger partial charge in [0.15, 0.2) is 0 Å². The van der Waals surface area contributed by atoms with Gasteiger partial charge in [-0.25, -0.2) is 4.98 Å². The molecule has 2 heterocycles. The minimum Gasteiger partial charge on any atom is -0.472 e. The van der Waals surface area contributed by atoms with E-state index in [9.17, 15) is 0 Å². The van der Waals surface area contributed by atoms with Gasteiger partial charge in [0.25, 0.3) is 5.88 Å².